The highest BCUT2D eigenvalue weighted by Crippen LogP contribution is 2.19. The summed E-state index contributed by atoms with van der Waals surface area (Å²) in [7, 11) is 0. The van der Waals surface area contributed by atoms with Crippen molar-refractivity contribution in [2.24, 2.45) is 5.92 Å². The Morgan fingerprint density at radius 2 is 2.12 bits per heavy atom. The standard InChI is InChI=1S/C14H20O3/c1-10(2)9-17-13-6-4-12(11(3)8-13)5-7-14(15)16/h4,6,8,10H,5,7,9H2,1-3H3,(H,15,16). The first-order chi connectivity index (χ1) is 7.99. The first-order valence-electron chi connectivity index (χ1n) is 5.93. The van der Waals surface area contributed by atoms with E-state index in [1.165, 1.54) is 0 Å². The van der Waals surface area contributed by atoms with E-state index in [0.717, 1.165) is 16.9 Å². The molecule has 0 saturated carbocycles. The van der Waals surface area contributed by atoms with Crippen LogP contribution in [0.15, 0.2) is 18.2 Å². The van der Waals surface area contributed by atoms with Crippen LogP contribution < -0.4 is 4.74 Å². The van der Waals surface area contributed by atoms with Crippen molar-refractivity contribution in [1.82, 2.24) is 0 Å². The number of ether oxygens (including phenoxy) is 1. The van der Waals surface area contributed by atoms with E-state index in [2.05, 4.69) is 13.8 Å². The molecule has 0 aromatic heterocycles. The third-order valence-corrected chi connectivity index (χ3v) is 2.51. The zero-order valence-corrected chi connectivity index (χ0v) is 10.7. The van der Waals surface area contributed by atoms with Crippen LogP contribution in [-0.4, -0.2) is 17.7 Å². The van der Waals surface area contributed by atoms with E-state index in [-0.39, 0.29) is 6.42 Å². The third-order valence-electron chi connectivity index (χ3n) is 2.51. The topological polar surface area (TPSA) is 46.5 Å². The van der Waals surface area contributed by atoms with Crippen molar-refractivity contribution in [3.8, 4) is 5.75 Å². The first-order valence-corrected chi connectivity index (χ1v) is 5.93. The van der Waals surface area contributed by atoms with Gasteiger partial charge in [-0.15, -0.1) is 0 Å². The van der Waals surface area contributed by atoms with Gasteiger partial charge in [-0.25, -0.2) is 0 Å². The molecule has 1 rings (SSSR count). The van der Waals surface area contributed by atoms with Crippen molar-refractivity contribution in [3.05, 3.63) is 29.3 Å². The number of hydrogen-bond donors (Lipinski definition) is 1. The van der Waals surface area contributed by atoms with Crippen LogP contribution in [0.2, 0.25) is 0 Å². The molecule has 0 radical (unpaired) electrons. The average molecular weight is 236 g/mol. The number of carbonyl (C=O) groups is 1. The van der Waals surface area contributed by atoms with E-state index in [4.69, 9.17) is 9.84 Å². The van der Waals surface area contributed by atoms with Gasteiger partial charge in [0.1, 0.15) is 5.75 Å². The fourth-order valence-corrected chi connectivity index (χ4v) is 1.54. The van der Waals surface area contributed by atoms with Gasteiger partial charge in [0, 0.05) is 6.42 Å². The van der Waals surface area contributed by atoms with E-state index >= 15 is 0 Å². The van der Waals surface area contributed by atoms with Gasteiger partial charge in [0.15, 0.2) is 0 Å². The molecular formula is C14H20O3. The van der Waals surface area contributed by atoms with Crippen molar-refractivity contribution >= 4 is 5.97 Å². The maximum absolute atomic E-state index is 10.5. The molecule has 0 heterocycles. The molecule has 17 heavy (non-hydrogen) atoms. The molecule has 3 heteroatoms. The molecule has 0 fully saturated rings. The highest BCUT2D eigenvalue weighted by molar-refractivity contribution is 5.67. The Bertz CT molecular complexity index is 383. The number of hydrogen-bond acceptors (Lipinski definition) is 2. The minimum absolute atomic E-state index is 0.174. The summed E-state index contributed by atoms with van der Waals surface area (Å²) < 4.78 is 5.61. The Labute approximate surface area is 102 Å². The smallest absolute Gasteiger partial charge is 0.303 e. The van der Waals surface area contributed by atoms with E-state index in [1.807, 2.05) is 25.1 Å². The summed E-state index contributed by atoms with van der Waals surface area (Å²) in [5.74, 6) is 0.599. The second-order valence-electron chi connectivity index (χ2n) is 4.69. The fraction of sp³-hybridized carbons (Fsp3) is 0.500. The molecule has 0 amide bonds. The van der Waals surface area contributed by atoms with Gasteiger partial charge in [-0.2, -0.15) is 0 Å². The summed E-state index contributed by atoms with van der Waals surface area (Å²) in [6.45, 7) is 6.90. The molecule has 94 valence electrons. The summed E-state index contributed by atoms with van der Waals surface area (Å²) in [5, 5.41) is 8.64. The molecule has 3 nitrogen and oxygen atoms in total. The number of aryl methyl sites for hydroxylation is 2. The predicted octanol–water partition coefficient (Wildman–Crippen LogP) is 3.05. The highest BCUT2D eigenvalue weighted by atomic mass is 16.5. The molecular weight excluding hydrogens is 216 g/mol. The summed E-state index contributed by atoms with van der Waals surface area (Å²) in [4.78, 5) is 10.5. The lowest BCUT2D eigenvalue weighted by molar-refractivity contribution is -0.136. The Kier molecular flexibility index (Phi) is 5.01. The molecule has 0 bridgehead atoms. The Hall–Kier alpha value is -1.51. The van der Waals surface area contributed by atoms with Gasteiger partial charge < -0.3 is 9.84 Å². The Morgan fingerprint density at radius 1 is 1.41 bits per heavy atom. The Morgan fingerprint density at radius 3 is 2.65 bits per heavy atom. The monoisotopic (exact) mass is 236 g/mol. The Balaban J connectivity index is 2.62. The second-order valence-corrected chi connectivity index (χ2v) is 4.69. The van der Waals surface area contributed by atoms with Crippen molar-refractivity contribution in [1.29, 1.82) is 0 Å². The lowest BCUT2D eigenvalue weighted by Crippen LogP contribution is -2.05. The van der Waals surface area contributed by atoms with Crippen LogP contribution in [0, 0.1) is 12.8 Å². The highest BCUT2D eigenvalue weighted by Gasteiger charge is 2.04. The normalized spacial score (nSPS) is 10.6. The van der Waals surface area contributed by atoms with E-state index < -0.39 is 5.97 Å². The number of aliphatic carboxylic acids is 1. The van der Waals surface area contributed by atoms with Crippen LogP contribution in [-0.2, 0) is 11.2 Å². The van der Waals surface area contributed by atoms with E-state index in [1.54, 1.807) is 0 Å². The van der Waals surface area contributed by atoms with Gasteiger partial charge in [-0.05, 0) is 42.5 Å². The van der Waals surface area contributed by atoms with Crippen molar-refractivity contribution in [2.75, 3.05) is 6.61 Å². The molecule has 0 saturated heterocycles. The maximum atomic E-state index is 10.5. The molecule has 1 N–H and O–H groups in total. The largest absolute Gasteiger partial charge is 0.493 e. The van der Waals surface area contributed by atoms with Crippen LogP contribution in [0.3, 0.4) is 0 Å². The predicted molar refractivity (Wildman–Crippen MR) is 67.5 cm³/mol. The van der Waals surface area contributed by atoms with Gasteiger partial charge in [0.2, 0.25) is 0 Å². The maximum Gasteiger partial charge on any atom is 0.303 e. The van der Waals surface area contributed by atoms with Gasteiger partial charge in [-0.1, -0.05) is 19.9 Å². The molecule has 0 aliphatic carbocycles. The van der Waals surface area contributed by atoms with Crippen molar-refractivity contribution in [2.45, 2.75) is 33.6 Å². The lowest BCUT2D eigenvalue weighted by atomic mass is 10.0. The quantitative estimate of drug-likeness (QED) is 0.825. The average Bonchev–Trinajstić information content (AvgIpc) is 2.24. The summed E-state index contributed by atoms with van der Waals surface area (Å²) in [5.41, 5.74) is 2.16. The molecule has 0 aliphatic rings. The molecule has 0 spiro atoms. The van der Waals surface area contributed by atoms with Crippen LogP contribution in [0.1, 0.15) is 31.4 Å². The minimum atomic E-state index is -0.760. The molecule has 0 aliphatic heterocycles. The third kappa shape index (κ3) is 4.89. The van der Waals surface area contributed by atoms with Crippen molar-refractivity contribution < 1.29 is 14.6 Å². The van der Waals surface area contributed by atoms with Gasteiger partial charge in [0.05, 0.1) is 6.61 Å². The number of carboxylic acids is 1. The molecule has 0 unspecified atom stereocenters. The van der Waals surface area contributed by atoms with Crippen LogP contribution >= 0.6 is 0 Å². The van der Waals surface area contributed by atoms with Crippen LogP contribution in [0.25, 0.3) is 0 Å². The number of benzene rings is 1. The second kappa shape index (κ2) is 6.28. The molecule has 1 aromatic rings. The van der Waals surface area contributed by atoms with Crippen LogP contribution in [0.4, 0.5) is 0 Å². The van der Waals surface area contributed by atoms with Gasteiger partial charge in [-0.3, -0.25) is 4.79 Å². The van der Waals surface area contributed by atoms with E-state index in [9.17, 15) is 4.79 Å². The number of rotatable bonds is 6. The summed E-state index contributed by atoms with van der Waals surface area (Å²) in [6.07, 6.45) is 0.749. The molecule has 1 aromatic carbocycles. The fourth-order valence-electron chi connectivity index (χ4n) is 1.54. The SMILES string of the molecule is Cc1cc(OCC(C)C)ccc1CCC(=O)O. The minimum Gasteiger partial charge on any atom is -0.493 e. The van der Waals surface area contributed by atoms with Gasteiger partial charge >= 0.3 is 5.97 Å². The summed E-state index contributed by atoms with van der Waals surface area (Å²) >= 11 is 0. The lowest BCUT2D eigenvalue weighted by Gasteiger charge is -2.11. The first kappa shape index (κ1) is 13.6. The zero-order valence-electron chi connectivity index (χ0n) is 10.7. The van der Waals surface area contributed by atoms with Crippen molar-refractivity contribution in [3.63, 3.8) is 0 Å². The van der Waals surface area contributed by atoms with Gasteiger partial charge in [0.25, 0.3) is 0 Å². The summed E-state index contributed by atoms with van der Waals surface area (Å²) in [6, 6.07) is 5.83. The number of carboxylic acid groups (broad SMARTS) is 1. The molecule has 0 atom stereocenters. The van der Waals surface area contributed by atoms with Crippen LogP contribution in [0.5, 0.6) is 5.75 Å². The zero-order chi connectivity index (χ0) is 12.8. The van der Waals surface area contributed by atoms with E-state index in [0.29, 0.717) is 18.9 Å².